The van der Waals surface area contributed by atoms with Crippen LogP contribution in [0.15, 0.2) is 36.4 Å². The Morgan fingerprint density at radius 3 is 2.43 bits per heavy atom. The van der Waals surface area contributed by atoms with Crippen molar-refractivity contribution < 1.29 is 10.0 Å². The maximum absolute atomic E-state index is 9.11. The first-order valence-corrected chi connectivity index (χ1v) is 5.31. The van der Waals surface area contributed by atoms with E-state index in [0.29, 0.717) is 5.46 Å². The number of fused-ring (bicyclic) bond motifs is 1. The molecule has 2 aromatic rings. The Morgan fingerprint density at radius 2 is 1.71 bits per heavy atom. The van der Waals surface area contributed by atoms with E-state index in [0.717, 1.165) is 14.3 Å². The summed E-state index contributed by atoms with van der Waals surface area (Å²) in [6.45, 7) is 0. The van der Waals surface area contributed by atoms with Gasteiger partial charge in [-0.1, -0.05) is 36.4 Å². The molecule has 0 spiro atoms. The van der Waals surface area contributed by atoms with Gasteiger partial charge in [-0.15, -0.1) is 0 Å². The summed E-state index contributed by atoms with van der Waals surface area (Å²) >= 11 is 2.13. The van der Waals surface area contributed by atoms with Gasteiger partial charge in [0, 0.05) is 3.57 Å². The summed E-state index contributed by atoms with van der Waals surface area (Å²) in [5.41, 5.74) is 0.560. The Kier molecular flexibility index (Phi) is 2.76. The van der Waals surface area contributed by atoms with Crippen molar-refractivity contribution in [2.45, 2.75) is 0 Å². The highest BCUT2D eigenvalue weighted by molar-refractivity contribution is 14.1. The van der Waals surface area contributed by atoms with Crippen LogP contribution in [0.3, 0.4) is 0 Å². The first kappa shape index (κ1) is 9.95. The van der Waals surface area contributed by atoms with Crippen LogP contribution in [0.2, 0.25) is 0 Å². The number of benzene rings is 2. The molecule has 2 aromatic carbocycles. The molecule has 0 radical (unpaired) electrons. The zero-order valence-corrected chi connectivity index (χ0v) is 9.47. The quantitative estimate of drug-likeness (QED) is 0.612. The summed E-state index contributed by atoms with van der Waals surface area (Å²) in [5.74, 6) is 0. The highest BCUT2D eigenvalue weighted by Crippen LogP contribution is 2.18. The summed E-state index contributed by atoms with van der Waals surface area (Å²) < 4.78 is 0.899. The van der Waals surface area contributed by atoms with Gasteiger partial charge in [-0.2, -0.15) is 0 Å². The molecule has 0 aliphatic heterocycles. The van der Waals surface area contributed by atoms with Gasteiger partial charge in [0.15, 0.2) is 0 Å². The molecule has 0 aliphatic rings. The predicted octanol–water partition coefficient (Wildman–Crippen LogP) is 1.12. The highest BCUT2D eigenvalue weighted by atomic mass is 127. The van der Waals surface area contributed by atoms with Crippen LogP contribution in [0.4, 0.5) is 0 Å². The topological polar surface area (TPSA) is 40.5 Å². The van der Waals surface area contributed by atoms with Crippen LogP contribution in [0.5, 0.6) is 0 Å². The molecular weight excluding hydrogens is 290 g/mol. The lowest BCUT2D eigenvalue weighted by atomic mass is 9.79. The third-order valence-corrected chi connectivity index (χ3v) is 3.38. The van der Waals surface area contributed by atoms with Crippen LogP contribution < -0.4 is 5.46 Å². The van der Waals surface area contributed by atoms with Gasteiger partial charge >= 0.3 is 7.12 Å². The largest absolute Gasteiger partial charge is 0.489 e. The average molecular weight is 298 g/mol. The van der Waals surface area contributed by atoms with Crippen LogP contribution in [0.1, 0.15) is 0 Å². The van der Waals surface area contributed by atoms with E-state index < -0.39 is 7.12 Å². The van der Waals surface area contributed by atoms with E-state index in [9.17, 15) is 0 Å². The maximum atomic E-state index is 9.11. The molecular formula is C10H8BIO2. The van der Waals surface area contributed by atoms with Gasteiger partial charge in [-0.05, 0) is 38.8 Å². The van der Waals surface area contributed by atoms with Gasteiger partial charge < -0.3 is 10.0 Å². The lowest BCUT2D eigenvalue weighted by Gasteiger charge is -2.06. The summed E-state index contributed by atoms with van der Waals surface area (Å²) in [6, 6.07) is 11.5. The van der Waals surface area contributed by atoms with E-state index in [1.807, 2.05) is 30.3 Å². The van der Waals surface area contributed by atoms with Crippen molar-refractivity contribution >= 4 is 45.9 Å². The Labute approximate surface area is 95.9 Å². The maximum Gasteiger partial charge on any atom is 0.489 e. The average Bonchev–Trinajstić information content (AvgIpc) is 2.18. The van der Waals surface area contributed by atoms with Crippen LogP contribution >= 0.6 is 22.6 Å². The van der Waals surface area contributed by atoms with Crippen LogP contribution in [0.25, 0.3) is 10.8 Å². The molecule has 4 heteroatoms. The van der Waals surface area contributed by atoms with Crippen molar-refractivity contribution in [3.8, 4) is 0 Å². The number of hydrogen-bond donors (Lipinski definition) is 2. The van der Waals surface area contributed by atoms with E-state index in [-0.39, 0.29) is 0 Å². The molecule has 14 heavy (non-hydrogen) atoms. The molecule has 0 aromatic heterocycles. The molecule has 0 saturated carbocycles. The zero-order chi connectivity index (χ0) is 10.1. The molecule has 0 amide bonds. The molecule has 2 nitrogen and oxygen atoms in total. The summed E-state index contributed by atoms with van der Waals surface area (Å²) in [6.07, 6.45) is 0. The molecule has 0 unspecified atom stereocenters. The van der Waals surface area contributed by atoms with Crippen LogP contribution in [0, 0.1) is 3.57 Å². The fraction of sp³-hybridized carbons (Fsp3) is 0. The van der Waals surface area contributed by atoms with Gasteiger partial charge in [0.25, 0.3) is 0 Å². The van der Waals surface area contributed by atoms with E-state index in [4.69, 9.17) is 10.0 Å². The second-order valence-corrected chi connectivity index (χ2v) is 4.14. The first-order chi connectivity index (χ1) is 6.70. The van der Waals surface area contributed by atoms with Crippen LogP contribution in [-0.2, 0) is 0 Å². The minimum absolute atomic E-state index is 0.560. The Bertz CT molecular complexity index is 471. The fourth-order valence-electron chi connectivity index (χ4n) is 1.45. The fourth-order valence-corrected chi connectivity index (χ4v) is 2.40. The molecule has 0 atom stereocenters. The van der Waals surface area contributed by atoms with Crippen LogP contribution in [-0.4, -0.2) is 17.2 Å². The number of hydrogen-bond acceptors (Lipinski definition) is 2. The smallest absolute Gasteiger partial charge is 0.423 e. The molecule has 70 valence electrons. The van der Waals surface area contributed by atoms with E-state index in [1.54, 1.807) is 6.07 Å². The second kappa shape index (κ2) is 3.88. The number of rotatable bonds is 1. The van der Waals surface area contributed by atoms with Gasteiger partial charge in [-0.3, -0.25) is 0 Å². The zero-order valence-electron chi connectivity index (χ0n) is 7.31. The molecule has 0 fully saturated rings. The van der Waals surface area contributed by atoms with Crippen molar-refractivity contribution in [1.82, 2.24) is 0 Å². The van der Waals surface area contributed by atoms with Gasteiger partial charge in [-0.25, -0.2) is 0 Å². The summed E-state index contributed by atoms with van der Waals surface area (Å²) in [5, 5.41) is 20.4. The normalized spacial score (nSPS) is 10.5. The van der Waals surface area contributed by atoms with Crippen molar-refractivity contribution in [2.75, 3.05) is 0 Å². The minimum Gasteiger partial charge on any atom is -0.423 e. The van der Waals surface area contributed by atoms with Crippen molar-refractivity contribution in [3.63, 3.8) is 0 Å². The monoisotopic (exact) mass is 298 g/mol. The third-order valence-electron chi connectivity index (χ3n) is 2.17. The van der Waals surface area contributed by atoms with Crippen molar-refractivity contribution in [3.05, 3.63) is 40.0 Å². The van der Waals surface area contributed by atoms with Crippen molar-refractivity contribution in [2.24, 2.45) is 0 Å². The van der Waals surface area contributed by atoms with Gasteiger partial charge in [0.1, 0.15) is 0 Å². The lowest BCUT2D eigenvalue weighted by Crippen LogP contribution is -2.32. The SMILES string of the molecule is OB(O)c1ccc2ccccc2c1I. The van der Waals surface area contributed by atoms with Crippen molar-refractivity contribution in [1.29, 1.82) is 0 Å². The molecule has 2 N–H and O–H groups in total. The first-order valence-electron chi connectivity index (χ1n) is 4.23. The molecule has 0 saturated heterocycles. The Morgan fingerprint density at radius 1 is 1.00 bits per heavy atom. The second-order valence-electron chi connectivity index (χ2n) is 3.06. The predicted molar refractivity (Wildman–Crippen MR) is 66.5 cm³/mol. The summed E-state index contributed by atoms with van der Waals surface area (Å²) in [4.78, 5) is 0. The standard InChI is InChI=1S/C10H8BIO2/c12-10-8-4-2-1-3-7(8)5-6-9(10)11(13)14/h1-6,13-14H. The Balaban J connectivity index is 2.75. The number of halogens is 1. The molecule has 0 heterocycles. The van der Waals surface area contributed by atoms with E-state index >= 15 is 0 Å². The summed E-state index contributed by atoms with van der Waals surface area (Å²) in [7, 11) is -1.40. The highest BCUT2D eigenvalue weighted by Gasteiger charge is 2.15. The van der Waals surface area contributed by atoms with Gasteiger partial charge in [0.05, 0.1) is 0 Å². The minimum atomic E-state index is -1.40. The third kappa shape index (κ3) is 1.65. The Hall–Kier alpha value is -0.585. The molecule has 0 bridgehead atoms. The van der Waals surface area contributed by atoms with Gasteiger partial charge in [0.2, 0.25) is 0 Å². The molecule has 2 rings (SSSR count). The lowest BCUT2D eigenvalue weighted by molar-refractivity contribution is 0.425. The molecule has 0 aliphatic carbocycles. The van der Waals surface area contributed by atoms with E-state index in [2.05, 4.69) is 22.6 Å². The van der Waals surface area contributed by atoms with E-state index in [1.165, 1.54) is 0 Å².